The van der Waals surface area contributed by atoms with Gasteiger partial charge >= 0.3 is 12.0 Å². The van der Waals surface area contributed by atoms with Crippen LogP contribution in [0.5, 0.6) is 0 Å². The predicted molar refractivity (Wildman–Crippen MR) is 81.7 cm³/mol. The van der Waals surface area contributed by atoms with Gasteiger partial charge in [0.15, 0.2) is 5.78 Å². The first-order chi connectivity index (χ1) is 11.2. The Kier molecular flexibility index (Phi) is 3.23. The van der Waals surface area contributed by atoms with Crippen LogP contribution in [0.1, 0.15) is 40.0 Å². The minimum Gasteiger partial charge on any atom is -0.350 e. The fraction of sp³-hybridized carbons (Fsp3) is 0.500. The maximum absolute atomic E-state index is 13.3. The Morgan fingerprint density at radius 3 is 2.71 bits per heavy atom. The van der Waals surface area contributed by atoms with Crippen molar-refractivity contribution in [1.82, 2.24) is 0 Å². The number of fused-ring (bicyclic) bond motifs is 2. The van der Waals surface area contributed by atoms with Gasteiger partial charge in [-0.3, -0.25) is 4.79 Å². The molecule has 0 amide bonds. The second-order valence-electron chi connectivity index (χ2n) is 6.56. The van der Waals surface area contributed by atoms with Crippen LogP contribution in [-0.4, -0.2) is 28.6 Å². The largest absolute Gasteiger partial charge is 0.458 e. The SMILES string of the molecule is O=C1c2ccccc2C(Br)C12CCC1=NOC(O)(C(F)(F)F)C1C2. The van der Waals surface area contributed by atoms with Crippen molar-refractivity contribution in [2.24, 2.45) is 16.5 Å². The summed E-state index contributed by atoms with van der Waals surface area (Å²) < 4.78 is 39.9. The lowest BCUT2D eigenvalue weighted by Gasteiger charge is -2.41. The molecule has 24 heavy (non-hydrogen) atoms. The molecule has 1 aromatic carbocycles. The minimum atomic E-state index is -4.99. The van der Waals surface area contributed by atoms with E-state index in [9.17, 15) is 23.1 Å². The van der Waals surface area contributed by atoms with Crippen LogP contribution in [0.2, 0.25) is 0 Å². The van der Waals surface area contributed by atoms with Gasteiger partial charge in [0.2, 0.25) is 0 Å². The van der Waals surface area contributed by atoms with Gasteiger partial charge in [0, 0.05) is 5.56 Å². The first-order valence-corrected chi connectivity index (χ1v) is 8.44. The summed E-state index contributed by atoms with van der Waals surface area (Å²) in [6, 6.07) is 7.01. The summed E-state index contributed by atoms with van der Waals surface area (Å²) in [7, 11) is 0. The Labute approximate surface area is 143 Å². The van der Waals surface area contributed by atoms with Gasteiger partial charge in [-0.05, 0) is 24.8 Å². The molecule has 4 atom stereocenters. The number of aliphatic hydroxyl groups is 1. The van der Waals surface area contributed by atoms with Gasteiger partial charge in [0.25, 0.3) is 0 Å². The number of carbonyl (C=O) groups excluding carboxylic acids is 1. The van der Waals surface area contributed by atoms with Gasteiger partial charge in [-0.15, -0.1) is 0 Å². The van der Waals surface area contributed by atoms with Gasteiger partial charge in [-0.1, -0.05) is 45.4 Å². The average Bonchev–Trinajstić information content (AvgIpc) is 2.99. The normalized spacial score (nSPS) is 37.9. The number of alkyl halides is 4. The Morgan fingerprint density at radius 2 is 2.04 bits per heavy atom. The van der Waals surface area contributed by atoms with Crippen molar-refractivity contribution in [3.05, 3.63) is 35.4 Å². The summed E-state index contributed by atoms with van der Waals surface area (Å²) in [6.07, 6.45) is -4.60. The van der Waals surface area contributed by atoms with Crippen LogP contribution in [-0.2, 0) is 4.84 Å². The molecule has 128 valence electrons. The first-order valence-electron chi connectivity index (χ1n) is 7.52. The lowest BCUT2D eigenvalue weighted by molar-refractivity contribution is -0.371. The third-order valence-electron chi connectivity index (χ3n) is 5.39. The van der Waals surface area contributed by atoms with Crippen LogP contribution < -0.4 is 0 Å². The van der Waals surface area contributed by atoms with E-state index in [1.165, 1.54) is 0 Å². The quantitative estimate of drug-likeness (QED) is 0.671. The summed E-state index contributed by atoms with van der Waals surface area (Å²) in [6.45, 7) is 0. The molecule has 4 rings (SSSR count). The van der Waals surface area contributed by atoms with E-state index in [1.54, 1.807) is 24.3 Å². The number of rotatable bonds is 0. The number of hydrogen-bond donors (Lipinski definition) is 1. The monoisotopic (exact) mass is 403 g/mol. The molecule has 1 N–H and O–H groups in total. The molecule has 0 bridgehead atoms. The molecule has 0 saturated heterocycles. The molecule has 1 heterocycles. The smallest absolute Gasteiger partial charge is 0.350 e. The van der Waals surface area contributed by atoms with Crippen LogP contribution >= 0.6 is 15.9 Å². The van der Waals surface area contributed by atoms with E-state index < -0.39 is 28.1 Å². The number of carbonyl (C=O) groups is 1. The van der Waals surface area contributed by atoms with Crippen LogP contribution in [0.25, 0.3) is 0 Å². The Hall–Kier alpha value is -1.41. The fourth-order valence-corrected chi connectivity index (χ4v) is 5.09. The second kappa shape index (κ2) is 4.82. The van der Waals surface area contributed by atoms with Crippen molar-refractivity contribution in [1.29, 1.82) is 0 Å². The highest BCUT2D eigenvalue weighted by atomic mass is 79.9. The number of halogens is 4. The van der Waals surface area contributed by atoms with E-state index in [-0.39, 0.29) is 24.3 Å². The summed E-state index contributed by atoms with van der Waals surface area (Å²) >= 11 is 3.52. The molecule has 1 saturated carbocycles. The molecular weight excluding hydrogens is 391 g/mol. The van der Waals surface area contributed by atoms with Crippen molar-refractivity contribution >= 4 is 27.4 Å². The van der Waals surface area contributed by atoms with Crippen molar-refractivity contribution < 1.29 is 27.9 Å². The lowest BCUT2D eigenvalue weighted by Crippen LogP contribution is -2.55. The third kappa shape index (κ3) is 1.84. The van der Waals surface area contributed by atoms with Gasteiger partial charge in [0.1, 0.15) is 0 Å². The molecule has 4 unspecified atom stereocenters. The maximum atomic E-state index is 13.3. The van der Waals surface area contributed by atoms with Gasteiger partial charge in [0.05, 0.1) is 21.9 Å². The zero-order valence-electron chi connectivity index (χ0n) is 12.3. The molecule has 1 aromatic rings. The van der Waals surface area contributed by atoms with E-state index in [2.05, 4.69) is 25.9 Å². The molecule has 3 aliphatic rings. The number of oxime groups is 1. The van der Waals surface area contributed by atoms with Crippen LogP contribution in [0.15, 0.2) is 29.4 Å². The number of ketones is 1. The summed E-state index contributed by atoms with van der Waals surface area (Å²) in [4.78, 5) is 17.0. The average molecular weight is 404 g/mol. The van der Waals surface area contributed by atoms with E-state index in [4.69, 9.17) is 0 Å². The predicted octanol–water partition coefficient (Wildman–Crippen LogP) is 3.74. The highest BCUT2D eigenvalue weighted by Crippen LogP contribution is 2.61. The molecule has 2 aliphatic carbocycles. The highest BCUT2D eigenvalue weighted by molar-refractivity contribution is 9.09. The zero-order valence-corrected chi connectivity index (χ0v) is 13.9. The molecule has 0 aromatic heterocycles. The Bertz CT molecular complexity index is 765. The van der Waals surface area contributed by atoms with Gasteiger partial charge < -0.3 is 9.94 Å². The van der Waals surface area contributed by atoms with E-state index in [1.807, 2.05) is 0 Å². The van der Waals surface area contributed by atoms with Gasteiger partial charge in [-0.25, -0.2) is 0 Å². The molecule has 1 fully saturated rings. The molecule has 1 spiro atoms. The van der Waals surface area contributed by atoms with E-state index in [0.29, 0.717) is 12.0 Å². The molecule has 4 nitrogen and oxygen atoms in total. The summed E-state index contributed by atoms with van der Waals surface area (Å²) in [5.41, 5.74) is 0.441. The van der Waals surface area contributed by atoms with Crippen LogP contribution in [0, 0.1) is 11.3 Å². The number of Topliss-reactive ketones (excluding diaryl/α,β-unsaturated/α-hetero) is 1. The number of benzene rings is 1. The maximum Gasteiger partial charge on any atom is 0.458 e. The topological polar surface area (TPSA) is 58.9 Å². The number of hydrogen-bond acceptors (Lipinski definition) is 4. The summed E-state index contributed by atoms with van der Waals surface area (Å²) in [5, 5.41) is 13.5. The lowest BCUT2D eigenvalue weighted by atomic mass is 9.64. The molecule has 8 heteroatoms. The third-order valence-corrected chi connectivity index (χ3v) is 6.76. The Balaban J connectivity index is 1.76. The van der Waals surface area contributed by atoms with Crippen LogP contribution in [0.3, 0.4) is 0 Å². The molecule has 0 radical (unpaired) electrons. The van der Waals surface area contributed by atoms with Crippen molar-refractivity contribution in [3.63, 3.8) is 0 Å². The minimum absolute atomic E-state index is 0.161. The van der Waals surface area contributed by atoms with Gasteiger partial charge in [-0.2, -0.15) is 13.2 Å². The van der Waals surface area contributed by atoms with Crippen molar-refractivity contribution in [2.45, 2.75) is 36.1 Å². The number of nitrogens with zero attached hydrogens (tertiary/aromatic N) is 1. The highest BCUT2D eigenvalue weighted by Gasteiger charge is 2.70. The first kappa shape index (κ1) is 16.1. The van der Waals surface area contributed by atoms with Crippen molar-refractivity contribution in [3.8, 4) is 0 Å². The molecule has 1 aliphatic heterocycles. The second-order valence-corrected chi connectivity index (χ2v) is 7.48. The van der Waals surface area contributed by atoms with Crippen molar-refractivity contribution in [2.75, 3.05) is 0 Å². The van der Waals surface area contributed by atoms with E-state index >= 15 is 0 Å². The zero-order chi connectivity index (χ0) is 17.3. The van der Waals surface area contributed by atoms with E-state index in [0.717, 1.165) is 5.56 Å². The molecular formula is C16H13BrF3NO3. The standard InChI is InChI=1S/C16H13BrF3NO3/c17-12-8-3-1-2-4-9(8)13(22)14(12)6-5-11-10(7-14)15(23,24-21-11)16(18,19)20/h1-4,10,12,23H,5-7H2. The fourth-order valence-electron chi connectivity index (χ4n) is 4.07. The Morgan fingerprint density at radius 1 is 1.33 bits per heavy atom. The van der Waals surface area contributed by atoms with Crippen LogP contribution in [0.4, 0.5) is 13.2 Å². The summed E-state index contributed by atoms with van der Waals surface area (Å²) in [5.74, 6) is -4.92.